The van der Waals surface area contributed by atoms with Crippen molar-refractivity contribution in [2.24, 2.45) is 7.05 Å². The van der Waals surface area contributed by atoms with Crippen molar-refractivity contribution in [3.8, 4) is 0 Å². The lowest BCUT2D eigenvalue weighted by Crippen LogP contribution is -2.81. The first-order valence-corrected chi connectivity index (χ1v) is 12.2. The molecule has 0 aromatic carbocycles. The fraction of sp³-hybridized carbons (Fsp3) is 0.438. The molecule has 17 heteroatoms. The summed E-state index contributed by atoms with van der Waals surface area (Å²) in [7, 11) is 2.97. The maximum absolute atomic E-state index is 13.1. The Hall–Kier alpha value is -2.89. The zero-order chi connectivity index (χ0) is 23.8. The van der Waals surface area contributed by atoms with Crippen molar-refractivity contribution in [2.45, 2.75) is 16.3 Å². The number of fused-ring (bicyclic) bond motifs is 1. The van der Waals surface area contributed by atoms with E-state index in [4.69, 9.17) is 10.5 Å². The van der Waals surface area contributed by atoms with E-state index < -0.39 is 28.9 Å². The fourth-order valence-corrected chi connectivity index (χ4v) is 6.29. The van der Waals surface area contributed by atoms with Crippen LogP contribution < -0.4 is 16.4 Å². The smallest absolute Gasteiger partial charge is 0.352 e. The maximum atomic E-state index is 13.1. The molecule has 2 aliphatic heterocycles. The molecule has 2 amide bonds. The average molecular weight is 514 g/mol. The summed E-state index contributed by atoms with van der Waals surface area (Å²) in [6.45, 7) is -0.172. The summed E-state index contributed by atoms with van der Waals surface area (Å²) in [6, 6.07) is 0. The summed E-state index contributed by atoms with van der Waals surface area (Å²) < 4.78 is 6.90. The van der Waals surface area contributed by atoms with Gasteiger partial charge >= 0.3 is 5.97 Å². The first-order chi connectivity index (χ1) is 15.8. The third kappa shape index (κ3) is 4.23. The van der Waals surface area contributed by atoms with Crippen LogP contribution in [0.15, 0.2) is 21.8 Å². The molecule has 176 valence electrons. The molecule has 1 saturated heterocycles. The SMILES string of the molecule is CO[C@@]1(NC(=O)CNc2csc(N)n2)C(=O)N2C(C(=O)O)=C(CSc3nnnn3C)CS[C@H]21. The monoisotopic (exact) mass is 513 g/mol. The summed E-state index contributed by atoms with van der Waals surface area (Å²) >= 11 is 3.79. The number of tetrazole rings is 1. The molecule has 0 unspecified atom stereocenters. The standard InChI is InChI=1S/C16H19N9O5S3/c1-24-15(21-22-23-24)33-5-7-4-31-13-16(30-2,12(29)25(13)10(7)11(27)28)20-9(26)3-18-8-6-32-14(17)19-8/h6,13,18H,3-5H2,1-2H3,(H2,17,19)(H,20,26)(H,27,28)/t13-,16-/m0/s1. The number of amides is 2. The Kier molecular flexibility index (Phi) is 6.46. The number of methoxy groups -OCH3 is 1. The number of β-lactam (4-membered cyclic amide) rings is 1. The predicted octanol–water partition coefficient (Wildman–Crippen LogP) is -0.834. The van der Waals surface area contributed by atoms with Gasteiger partial charge < -0.3 is 26.2 Å². The van der Waals surface area contributed by atoms with E-state index in [1.807, 2.05) is 0 Å². The number of hydrogen-bond donors (Lipinski definition) is 4. The Morgan fingerprint density at radius 2 is 2.27 bits per heavy atom. The Morgan fingerprint density at radius 3 is 2.88 bits per heavy atom. The number of nitrogen functional groups attached to an aromatic ring is 1. The van der Waals surface area contributed by atoms with E-state index >= 15 is 0 Å². The number of aliphatic carboxylic acids is 1. The number of ether oxygens (including phenoxy) is 1. The van der Waals surface area contributed by atoms with Crippen LogP contribution >= 0.6 is 34.9 Å². The number of carboxylic acids is 1. The molecule has 2 aromatic heterocycles. The second-order valence-electron chi connectivity index (χ2n) is 6.88. The molecule has 2 aliphatic rings. The number of rotatable bonds is 9. The number of aryl methyl sites for hydroxylation is 1. The van der Waals surface area contributed by atoms with Crippen LogP contribution in [0.5, 0.6) is 0 Å². The number of nitrogens with one attached hydrogen (secondary N) is 2. The van der Waals surface area contributed by atoms with Crippen LogP contribution in [0.1, 0.15) is 0 Å². The largest absolute Gasteiger partial charge is 0.477 e. The highest BCUT2D eigenvalue weighted by Crippen LogP contribution is 2.47. The summed E-state index contributed by atoms with van der Waals surface area (Å²) in [6.07, 6.45) is 0. The highest BCUT2D eigenvalue weighted by atomic mass is 32.2. The van der Waals surface area contributed by atoms with Crippen LogP contribution in [0.4, 0.5) is 10.9 Å². The van der Waals surface area contributed by atoms with Crippen LogP contribution in [0.3, 0.4) is 0 Å². The van der Waals surface area contributed by atoms with E-state index in [1.54, 1.807) is 12.4 Å². The normalized spacial score (nSPS) is 22.1. The number of aromatic nitrogens is 5. The molecule has 0 saturated carbocycles. The predicted molar refractivity (Wildman–Crippen MR) is 120 cm³/mol. The molecule has 1 fully saturated rings. The van der Waals surface area contributed by atoms with Crippen molar-refractivity contribution in [2.75, 3.05) is 36.2 Å². The van der Waals surface area contributed by atoms with Gasteiger partial charge in [-0.25, -0.2) is 14.5 Å². The van der Waals surface area contributed by atoms with E-state index in [9.17, 15) is 19.5 Å². The molecule has 2 atom stereocenters. The molecule has 0 bridgehead atoms. The molecule has 0 spiro atoms. The van der Waals surface area contributed by atoms with E-state index in [0.717, 1.165) is 4.90 Å². The number of nitrogens with zero attached hydrogens (tertiary/aromatic N) is 6. The molecule has 4 rings (SSSR count). The lowest BCUT2D eigenvalue weighted by molar-refractivity contribution is -0.192. The third-order valence-corrected chi connectivity index (χ3v) is 8.01. The van der Waals surface area contributed by atoms with Gasteiger partial charge in [-0.15, -0.1) is 28.2 Å². The molecule has 4 heterocycles. The lowest BCUT2D eigenvalue weighted by Gasteiger charge is -2.55. The Morgan fingerprint density at radius 1 is 1.48 bits per heavy atom. The molecular formula is C16H19N9O5S3. The van der Waals surface area contributed by atoms with E-state index in [0.29, 0.717) is 27.4 Å². The second kappa shape index (κ2) is 9.16. The van der Waals surface area contributed by atoms with Crippen molar-refractivity contribution in [3.63, 3.8) is 0 Å². The molecule has 2 aromatic rings. The van der Waals surface area contributed by atoms with Gasteiger partial charge in [-0.05, 0) is 16.0 Å². The van der Waals surface area contributed by atoms with E-state index in [1.165, 1.54) is 46.7 Å². The minimum atomic E-state index is -1.67. The first-order valence-electron chi connectivity index (χ1n) is 9.33. The van der Waals surface area contributed by atoms with E-state index in [2.05, 4.69) is 31.1 Å². The quantitative estimate of drug-likeness (QED) is 0.185. The van der Waals surface area contributed by atoms with Crippen LogP contribution in [0.2, 0.25) is 0 Å². The summed E-state index contributed by atoms with van der Waals surface area (Å²) in [5.41, 5.74) is 4.32. The fourth-order valence-electron chi connectivity index (χ4n) is 3.34. The van der Waals surface area contributed by atoms with Crippen LogP contribution in [-0.4, -0.2) is 89.2 Å². The molecule has 5 N–H and O–H groups in total. The topological polar surface area (TPSA) is 190 Å². The highest BCUT2D eigenvalue weighted by Gasteiger charge is 2.66. The number of carboxylic acid groups (broad SMARTS) is 1. The van der Waals surface area contributed by atoms with Gasteiger partial charge in [-0.3, -0.25) is 14.5 Å². The molecule has 14 nitrogen and oxygen atoms in total. The third-order valence-electron chi connectivity index (χ3n) is 4.87. The van der Waals surface area contributed by atoms with Gasteiger partial charge in [0.15, 0.2) is 5.13 Å². The number of thioether (sulfide) groups is 2. The Labute approximate surface area is 199 Å². The summed E-state index contributed by atoms with van der Waals surface area (Å²) in [4.78, 5) is 42.8. The maximum Gasteiger partial charge on any atom is 0.352 e. The Balaban J connectivity index is 1.47. The van der Waals surface area contributed by atoms with Crippen molar-refractivity contribution in [1.82, 2.24) is 35.4 Å². The highest BCUT2D eigenvalue weighted by molar-refractivity contribution is 8.01. The number of carbonyl (C=O) groups is 3. The van der Waals surface area contributed by atoms with Crippen molar-refractivity contribution in [1.29, 1.82) is 0 Å². The number of thiazole rings is 1. The Bertz CT molecular complexity index is 1130. The van der Waals surface area contributed by atoms with Crippen molar-refractivity contribution >= 4 is 63.6 Å². The minimum Gasteiger partial charge on any atom is -0.477 e. The van der Waals surface area contributed by atoms with Crippen molar-refractivity contribution in [3.05, 3.63) is 16.7 Å². The van der Waals surface area contributed by atoms with Gasteiger partial charge in [0, 0.05) is 31.0 Å². The van der Waals surface area contributed by atoms with Crippen LogP contribution in [0.25, 0.3) is 0 Å². The van der Waals surface area contributed by atoms with Gasteiger partial charge in [0.25, 0.3) is 11.6 Å². The van der Waals surface area contributed by atoms with Gasteiger partial charge in [0.05, 0.1) is 6.54 Å². The second-order valence-corrected chi connectivity index (χ2v) is 9.78. The number of hydrogen-bond acceptors (Lipinski definition) is 13. The summed E-state index contributed by atoms with van der Waals surface area (Å²) in [5.74, 6) is -1.37. The number of nitrogens with two attached hydrogens (primary N) is 1. The summed E-state index contributed by atoms with van der Waals surface area (Å²) in [5, 5.41) is 28.2. The van der Waals surface area contributed by atoms with Crippen LogP contribution in [-0.2, 0) is 26.2 Å². The van der Waals surface area contributed by atoms with Gasteiger partial charge in [-0.1, -0.05) is 11.8 Å². The molecule has 33 heavy (non-hydrogen) atoms. The lowest BCUT2D eigenvalue weighted by atomic mass is 9.98. The van der Waals surface area contributed by atoms with Gasteiger partial charge in [-0.2, -0.15) is 0 Å². The van der Waals surface area contributed by atoms with E-state index in [-0.39, 0.29) is 18.0 Å². The van der Waals surface area contributed by atoms with Crippen LogP contribution in [0, 0.1) is 0 Å². The molecule has 0 aliphatic carbocycles. The number of carbonyl (C=O) groups excluding carboxylic acids is 2. The van der Waals surface area contributed by atoms with Gasteiger partial charge in [0.2, 0.25) is 11.1 Å². The minimum absolute atomic E-state index is 0.121. The zero-order valence-electron chi connectivity index (χ0n) is 17.3. The number of anilines is 2. The molecule has 0 radical (unpaired) electrons. The van der Waals surface area contributed by atoms with Crippen molar-refractivity contribution < 1.29 is 24.2 Å². The zero-order valence-corrected chi connectivity index (χ0v) is 19.8. The average Bonchev–Trinajstić information content (AvgIpc) is 3.40. The molecular weight excluding hydrogens is 494 g/mol. The van der Waals surface area contributed by atoms with Gasteiger partial charge in [0.1, 0.15) is 16.9 Å². The first kappa shape index (κ1) is 23.3.